The van der Waals surface area contributed by atoms with Gasteiger partial charge in [-0.3, -0.25) is 4.99 Å². The van der Waals surface area contributed by atoms with Crippen molar-refractivity contribution >= 4 is 29.9 Å². The molecule has 2 fully saturated rings. The lowest BCUT2D eigenvalue weighted by Crippen LogP contribution is -2.42. The highest BCUT2D eigenvalue weighted by Crippen LogP contribution is 2.21. The number of aliphatic hydroxyl groups is 1. The van der Waals surface area contributed by atoms with Gasteiger partial charge in [-0.05, 0) is 58.0 Å². The molecule has 2 N–H and O–H groups in total. The molecule has 0 aliphatic carbocycles. The Bertz CT molecular complexity index is 381. The Morgan fingerprint density at radius 2 is 1.83 bits per heavy atom. The van der Waals surface area contributed by atoms with Gasteiger partial charge in [-0.25, -0.2) is 0 Å². The molecular formula is C18H37IN4O. The van der Waals surface area contributed by atoms with E-state index in [9.17, 15) is 5.11 Å². The molecule has 142 valence electrons. The molecule has 2 rings (SSSR count). The van der Waals surface area contributed by atoms with Crippen molar-refractivity contribution in [2.45, 2.75) is 58.5 Å². The number of likely N-dealkylation sites (tertiary alicyclic amines) is 2. The van der Waals surface area contributed by atoms with Crippen LogP contribution in [0.4, 0.5) is 0 Å². The molecule has 24 heavy (non-hydrogen) atoms. The number of rotatable bonds is 7. The molecule has 2 aliphatic rings. The van der Waals surface area contributed by atoms with Crippen molar-refractivity contribution in [2.75, 3.05) is 45.8 Å². The Hall–Kier alpha value is -0.0800. The molecule has 1 unspecified atom stereocenters. The monoisotopic (exact) mass is 452 g/mol. The van der Waals surface area contributed by atoms with E-state index in [2.05, 4.69) is 22.0 Å². The fourth-order valence-corrected chi connectivity index (χ4v) is 3.63. The molecule has 0 aromatic carbocycles. The Morgan fingerprint density at radius 3 is 2.42 bits per heavy atom. The summed E-state index contributed by atoms with van der Waals surface area (Å²) >= 11 is 0. The number of hydrogen-bond donors (Lipinski definition) is 2. The summed E-state index contributed by atoms with van der Waals surface area (Å²) in [7, 11) is 0. The Kier molecular flexibility index (Phi) is 9.89. The predicted octanol–water partition coefficient (Wildman–Crippen LogP) is 2.54. The van der Waals surface area contributed by atoms with Crippen LogP contribution in [0.25, 0.3) is 0 Å². The highest BCUT2D eigenvalue weighted by atomic mass is 127. The molecule has 0 aromatic heterocycles. The molecule has 0 bridgehead atoms. The fraction of sp³-hybridized carbons (Fsp3) is 0.944. The SMILES string of the molecule is CCNC(=NCC(O)(CC)CC)N1CCC(CN2CCCC2)C1.I. The standard InChI is InChI=1S/C18H36N4O.HI/c1-4-18(23,5-2)15-20-17(19-6-3)22-12-9-16(14-22)13-21-10-7-8-11-21;/h16,23H,4-15H2,1-3H3,(H,19,20);1H. The van der Waals surface area contributed by atoms with E-state index in [-0.39, 0.29) is 24.0 Å². The van der Waals surface area contributed by atoms with Crippen molar-refractivity contribution in [3.05, 3.63) is 0 Å². The van der Waals surface area contributed by atoms with E-state index < -0.39 is 5.60 Å². The largest absolute Gasteiger partial charge is 0.388 e. The van der Waals surface area contributed by atoms with Crippen LogP contribution in [0.15, 0.2) is 4.99 Å². The summed E-state index contributed by atoms with van der Waals surface area (Å²) in [4.78, 5) is 9.74. The van der Waals surface area contributed by atoms with Crippen molar-refractivity contribution in [1.82, 2.24) is 15.1 Å². The summed E-state index contributed by atoms with van der Waals surface area (Å²) < 4.78 is 0. The molecule has 0 radical (unpaired) electrons. The van der Waals surface area contributed by atoms with E-state index in [1.54, 1.807) is 0 Å². The summed E-state index contributed by atoms with van der Waals surface area (Å²) in [5.41, 5.74) is -0.657. The summed E-state index contributed by atoms with van der Waals surface area (Å²) in [6.45, 7) is 13.5. The first-order valence-corrected chi connectivity index (χ1v) is 9.58. The molecule has 6 heteroatoms. The Morgan fingerprint density at radius 1 is 1.17 bits per heavy atom. The van der Waals surface area contributed by atoms with Gasteiger partial charge in [-0.15, -0.1) is 24.0 Å². The molecule has 5 nitrogen and oxygen atoms in total. The van der Waals surface area contributed by atoms with E-state index in [4.69, 9.17) is 4.99 Å². The second-order valence-electron chi connectivity index (χ2n) is 7.21. The number of nitrogens with one attached hydrogen (secondary N) is 1. The summed E-state index contributed by atoms with van der Waals surface area (Å²) in [6.07, 6.45) is 5.50. The van der Waals surface area contributed by atoms with Crippen LogP contribution in [-0.4, -0.2) is 72.3 Å². The lowest BCUT2D eigenvalue weighted by Gasteiger charge is -2.26. The van der Waals surface area contributed by atoms with Gasteiger partial charge in [0, 0.05) is 26.2 Å². The van der Waals surface area contributed by atoms with Gasteiger partial charge in [0.1, 0.15) is 0 Å². The van der Waals surface area contributed by atoms with Gasteiger partial charge in [0.05, 0.1) is 12.1 Å². The van der Waals surface area contributed by atoms with Crippen molar-refractivity contribution in [3.63, 3.8) is 0 Å². The lowest BCUT2D eigenvalue weighted by atomic mass is 9.98. The van der Waals surface area contributed by atoms with Crippen LogP contribution in [0.3, 0.4) is 0 Å². The second-order valence-corrected chi connectivity index (χ2v) is 7.21. The quantitative estimate of drug-likeness (QED) is 0.354. The number of halogens is 1. The maximum absolute atomic E-state index is 10.5. The molecular weight excluding hydrogens is 415 g/mol. The third-order valence-electron chi connectivity index (χ3n) is 5.47. The third-order valence-corrected chi connectivity index (χ3v) is 5.47. The summed E-state index contributed by atoms with van der Waals surface area (Å²) in [5.74, 6) is 1.74. The van der Waals surface area contributed by atoms with Crippen molar-refractivity contribution in [1.29, 1.82) is 0 Å². The van der Waals surface area contributed by atoms with E-state index in [1.807, 2.05) is 13.8 Å². The zero-order chi connectivity index (χ0) is 16.7. The number of nitrogens with zero attached hydrogens (tertiary/aromatic N) is 3. The molecule has 2 saturated heterocycles. The summed E-state index contributed by atoms with van der Waals surface area (Å²) in [6, 6.07) is 0. The molecule has 0 amide bonds. The van der Waals surface area contributed by atoms with Crippen LogP contribution in [0, 0.1) is 5.92 Å². The Labute approximate surface area is 165 Å². The van der Waals surface area contributed by atoms with Gasteiger partial charge in [-0.1, -0.05) is 13.8 Å². The fourth-order valence-electron chi connectivity index (χ4n) is 3.63. The van der Waals surface area contributed by atoms with Gasteiger partial charge < -0.3 is 20.2 Å². The smallest absolute Gasteiger partial charge is 0.194 e. The van der Waals surface area contributed by atoms with Crippen molar-refractivity contribution < 1.29 is 5.11 Å². The van der Waals surface area contributed by atoms with Crippen LogP contribution >= 0.6 is 24.0 Å². The highest BCUT2D eigenvalue weighted by Gasteiger charge is 2.28. The minimum atomic E-state index is -0.657. The molecule has 0 aromatic rings. The second kappa shape index (κ2) is 10.8. The van der Waals surface area contributed by atoms with Crippen LogP contribution in [-0.2, 0) is 0 Å². The van der Waals surface area contributed by atoms with Gasteiger partial charge in [0.15, 0.2) is 5.96 Å². The van der Waals surface area contributed by atoms with Crippen LogP contribution in [0.5, 0.6) is 0 Å². The first-order valence-electron chi connectivity index (χ1n) is 9.58. The van der Waals surface area contributed by atoms with Crippen LogP contribution in [0.1, 0.15) is 52.9 Å². The number of aliphatic imine (C=N–C) groups is 1. The van der Waals surface area contributed by atoms with Gasteiger partial charge in [-0.2, -0.15) is 0 Å². The maximum atomic E-state index is 10.5. The lowest BCUT2D eigenvalue weighted by molar-refractivity contribution is 0.0416. The van der Waals surface area contributed by atoms with Crippen molar-refractivity contribution in [3.8, 4) is 0 Å². The molecule has 0 saturated carbocycles. The van der Waals surface area contributed by atoms with E-state index in [0.29, 0.717) is 6.54 Å². The van der Waals surface area contributed by atoms with Gasteiger partial charge in [0.2, 0.25) is 0 Å². The minimum absolute atomic E-state index is 0. The maximum Gasteiger partial charge on any atom is 0.194 e. The summed E-state index contributed by atoms with van der Waals surface area (Å²) in [5, 5.41) is 13.9. The first-order chi connectivity index (χ1) is 11.1. The van der Waals surface area contributed by atoms with E-state index in [0.717, 1.165) is 44.4 Å². The molecule has 1 atom stereocenters. The minimum Gasteiger partial charge on any atom is -0.388 e. The topological polar surface area (TPSA) is 51.1 Å². The average Bonchev–Trinajstić information content (AvgIpc) is 3.23. The number of guanidine groups is 1. The van der Waals surface area contributed by atoms with Crippen LogP contribution in [0.2, 0.25) is 0 Å². The normalized spacial score (nSPS) is 22.8. The predicted molar refractivity (Wildman–Crippen MR) is 112 cm³/mol. The molecule has 0 spiro atoms. The first kappa shape index (κ1) is 22.0. The third kappa shape index (κ3) is 6.33. The van der Waals surface area contributed by atoms with Crippen LogP contribution < -0.4 is 5.32 Å². The molecule has 2 heterocycles. The highest BCUT2D eigenvalue weighted by molar-refractivity contribution is 14.0. The number of hydrogen-bond acceptors (Lipinski definition) is 3. The zero-order valence-electron chi connectivity index (χ0n) is 15.8. The van der Waals surface area contributed by atoms with E-state index >= 15 is 0 Å². The Balaban J connectivity index is 0.00000288. The van der Waals surface area contributed by atoms with Gasteiger partial charge in [0.25, 0.3) is 0 Å². The zero-order valence-corrected chi connectivity index (χ0v) is 18.1. The van der Waals surface area contributed by atoms with E-state index in [1.165, 1.54) is 38.9 Å². The average molecular weight is 452 g/mol. The van der Waals surface area contributed by atoms with Crippen molar-refractivity contribution in [2.24, 2.45) is 10.9 Å². The molecule has 2 aliphatic heterocycles. The van der Waals surface area contributed by atoms with Gasteiger partial charge >= 0.3 is 0 Å².